The van der Waals surface area contributed by atoms with E-state index in [4.69, 9.17) is 10.2 Å². The van der Waals surface area contributed by atoms with Crippen LogP contribution in [0.1, 0.15) is 34.6 Å². The molecule has 0 aliphatic carbocycles. The van der Waals surface area contributed by atoms with E-state index in [0.717, 1.165) is 5.69 Å². The Kier molecular flexibility index (Phi) is 3.71. The molecule has 1 aromatic rings. The number of carboxylic acid groups (broad SMARTS) is 2. The van der Waals surface area contributed by atoms with Crippen molar-refractivity contribution in [2.24, 2.45) is 0 Å². The molecule has 2 N–H and O–H groups in total. The van der Waals surface area contributed by atoms with E-state index < -0.39 is 11.9 Å². The van der Waals surface area contributed by atoms with Gasteiger partial charge in [0.15, 0.2) is 0 Å². The molecule has 0 amide bonds. The standard InChI is InChI=1S/C11H15NO4/c1-7-6-8(2)12(10(7)11(15)16)5-3-4-9(13)14/h6H,3-5H2,1-2H3,(H,13,14)(H,15,16). The highest BCUT2D eigenvalue weighted by Gasteiger charge is 2.15. The average molecular weight is 225 g/mol. The van der Waals surface area contributed by atoms with Crippen molar-refractivity contribution in [2.75, 3.05) is 0 Å². The minimum atomic E-state index is -0.971. The Bertz CT molecular complexity index is 420. The first-order chi connectivity index (χ1) is 7.43. The highest BCUT2D eigenvalue weighted by molar-refractivity contribution is 5.87. The van der Waals surface area contributed by atoms with Crippen LogP contribution in [0.25, 0.3) is 0 Å². The monoisotopic (exact) mass is 225 g/mol. The second-order valence-corrected chi connectivity index (χ2v) is 3.77. The van der Waals surface area contributed by atoms with Gasteiger partial charge in [-0.1, -0.05) is 0 Å². The lowest BCUT2D eigenvalue weighted by atomic mass is 10.2. The summed E-state index contributed by atoms with van der Waals surface area (Å²) in [5, 5.41) is 17.6. The number of aromatic carboxylic acids is 1. The molecule has 0 unspecified atom stereocenters. The number of carboxylic acids is 2. The molecule has 0 bridgehead atoms. The van der Waals surface area contributed by atoms with Gasteiger partial charge >= 0.3 is 11.9 Å². The number of aryl methyl sites for hydroxylation is 2. The summed E-state index contributed by atoms with van der Waals surface area (Å²) in [6.07, 6.45) is 0.486. The van der Waals surface area contributed by atoms with Gasteiger partial charge in [0.1, 0.15) is 5.69 Å². The van der Waals surface area contributed by atoms with E-state index in [0.29, 0.717) is 18.5 Å². The molecule has 88 valence electrons. The number of nitrogens with zero attached hydrogens (tertiary/aromatic N) is 1. The van der Waals surface area contributed by atoms with E-state index in [9.17, 15) is 9.59 Å². The fourth-order valence-corrected chi connectivity index (χ4v) is 1.81. The fraction of sp³-hybridized carbons (Fsp3) is 0.455. The van der Waals surface area contributed by atoms with Crippen LogP contribution in [-0.4, -0.2) is 26.7 Å². The Labute approximate surface area is 93.3 Å². The number of hydrogen-bond donors (Lipinski definition) is 2. The van der Waals surface area contributed by atoms with Crippen molar-refractivity contribution in [2.45, 2.75) is 33.2 Å². The molecular formula is C11H15NO4. The van der Waals surface area contributed by atoms with Crippen molar-refractivity contribution in [3.05, 3.63) is 23.0 Å². The number of aromatic nitrogens is 1. The molecule has 5 heteroatoms. The fourth-order valence-electron chi connectivity index (χ4n) is 1.81. The topological polar surface area (TPSA) is 79.5 Å². The summed E-state index contributed by atoms with van der Waals surface area (Å²) in [5.41, 5.74) is 1.81. The van der Waals surface area contributed by atoms with Gasteiger partial charge in [0, 0.05) is 18.7 Å². The Morgan fingerprint density at radius 2 is 1.94 bits per heavy atom. The van der Waals surface area contributed by atoms with Crippen LogP contribution in [0.2, 0.25) is 0 Å². The third kappa shape index (κ3) is 2.62. The van der Waals surface area contributed by atoms with Gasteiger partial charge in [-0.25, -0.2) is 4.79 Å². The zero-order chi connectivity index (χ0) is 12.3. The van der Waals surface area contributed by atoms with Crippen LogP contribution in [0.3, 0.4) is 0 Å². The molecule has 1 aromatic heterocycles. The normalized spacial score (nSPS) is 10.4. The molecule has 0 aliphatic rings. The Morgan fingerprint density at radius 1 is 1.31 bits per heavy atom. The van der Waals surface area contributed by atoms with Crippen LogP contribution in [-0.2, 0) is 11.3 Å². The Hall–Kier alpha value is -1.78. The molecule has 0 fully saturated rings. The largest absolute Gasteiger partial charge is 0.481 e. The van der Waals surface area contributed by atoms with Crippen molar-refractivity contribution in [1.29, 1.82) is 0 Å². The van der Waals surface area contributed by atoms with Crippen LogP contribution < -0.4 is 0 Å². The Morgan fingerprint density at radius 3 is 2.44 bits per heavy atom. The van der Waals surface area contributed by atoms with E-state index in [1.54, 1.807) is 17.6 Å². The van der Waals surface area contributed by atoms with Gasteiger partial charge in [-0.2, -0.15) is 0 Å². The summed E-state index contributed by atoms with van der Waals surface area (Å²) in [7, 11) is 0. The van der Waals surface area contributed by atoms with Crippen molar-refractivity contribution in [3.63, 3.8) is 0 Å². The van der Waals surface area contributed by atoms with Crippen molar-refractivity contribution >= 4 is 11.9 Å². The van der Waals surface area contributed by atoms with Gasteiger partial charge in [0.25, 0.3) is 0 Å². The molecular weight excluding hydrogens is 210 g/mol. The number of aliphatic carboxylic acids is 1. The average Bonchev–Trinajstić information content (AvgIpc) is 2.40. The highest BCUT2D eigenvalue weighted by Crippen LogP contribution is 2.15. The van der Waals surface area contributed by atoms with Gasteiger partial charge < -0.3 is 14.8 Å². The molecule has 0 aliphatic heterocycles. The summed E-state index contributed by atoms with van der Waals surface area (Å²) >= 11 is 0. The molecule has 0 atom stereocenters. The van der Waals surface area contributed by atoms with E-state index >= 15 is 0 Å². The minimum Gasteiger partial charge on any atom is -0.481 e. The van der Waals surface area contributed by atoms with E-state index in [1.807, 2.05) is 6.92 Å². The second kappa shape index (κ2) is 4.83. The van der Waals surface area contributed by atoms with Crippen molar-refractivity contribution in [1.82, 2.24) is 4.57 Å². The molecule has 0 saturated heterocycles. The Balaban J connectivity index is 2.86. The lowest BCUT2D eigenvalue weighted by Gasteiger charge is -2.08. The zero-order valence-electron chi connectivity index (χ0n) is 9.36. The van der Waals surface area contributed by atoms with E-state index in [1.165, 1.54) is 0 Å². The number of carbonyl (C=O) groups is 2. The van der Waals surface area contributed by atoms with Crippen LogP contribution >= 0.6 is 0 Å². The van der Waals surface area contributed by atoms with Crippen molar-refractivity contribution in [3.8, 4) is 0 Å². The third-order valence-electron chi connectivity index (χ3n) is 2.47. The van der Waals surface area contributed by atoms with Crippen molar-refractivity contribution < 1.29 is 19.8 Å². The summed E-state index contributed by atoms with van der Waals surface area (Å²) in [6.45, 7) is 3.98. The van der Waals surface area contributed by atoms with Crippen LogP contribution in [0, 0.1) is 13.8 Å². The molecule has 0 radical (unpaired) electrons. The van der Waals surface area contributed by atoms with Crippen LogP contribution in [0.5, 0.6) is 0 Å². The van der Waals surface area contributed by atoms with Gasteiger partial charge in [-0.05, 0) is 31.9 Å². The summed E-state index contributed by atoms with van der Waals surface area (Å²) in [6, 6.07) is 1.80. The molecule has 5 nitrogen and oxygen atoms in total. The lowest BCUT2D eigenvalue weighted by Crippen LogP contribution is -2.12. The predicted molar refractivity (Wildman–Crippen MR) is 57.7 cm³/mol. The first-order valence-electron chi connectivity index (χ1n) is 5.05. The SMILES string of the molecule is Cc1cc(C)n(CCCC(=O)O)c1C(=O)O. The van der Waals surface area contributed by atoms with Gasteiger partial charge in [-0.3, -0.25) is 4.79 Å². The predicted octanol–water partition coefficient (Wildman–Crippen LogP) is 1.67. The van der Waals surface area contributed by atoms with E-state index in [2.05, 4.69) is 0 Å². The maximum Gasteiger partial charge on any atom is 0.352 e. The maximum atomic E-state index is 11.0. The smallest absolute Gasteiger partial charge is 0.352 e. The molecule has 1 rings (SSSR count). The second-order valence-electron chi connectivity index (χ2n) is 3.77. The number of rotatable bonds is 5. The summed E-state index contributed by atoms with van der Waals surface area (Å²) < 4.78 is 1.65. The summed E-state index contributed by atoms with van der Waals surface area (Å²) in [5.74, 6) is -1.83. The zero-order valence-corrected chi connectivity index (χ0v) is 9.36. The first-order valence-corrected chi connectivity index (χ1v) is 5.05. The van der Waals surface area contributed by atoms with Crippen LogP contribution in [0.15, 0.2) is 6.07 Å². The molecule has 16 heavy (non-hydrogen) atoms. The maximum absolute atomic E-state index is 11.0. The molecule has 0 spiro atoms. The molecule has 0 saturated carbocycles. The van der Waals surface area contributed by atoms with Gasteiger partial charge in [0.2, 0.25) is 0 Å². The van der Waals surface area contributed by atoms with Gasteiger partial charge in [0.05, 0.1) is 0 Å². The highest BCUT2D eigenvalue weighted by atomic mass is 16.4. The molecule has 0 aromatic carbocycles. The first kappa shape index (κ1) is 12.3. The lowest BCUT2D eigenvalue weighted by molar-refractivity contribution is -0.137. The van der Waals surface area contributed by atoms with Gasteiger partial charge in [-0.15, -0.1) is 0 Å². The molecule has 1 heterocycles. The van der Waals surface area contributed by atoms with E-state index in [-0.39, 0.29) is 12.1 Å². The minimum absolute atomic E-state index is 0.0513. The summed E-state index contributed by atoms with van der Waals surface area (Å²) in [4.78, 5) is 21.4. The quantitative estimate of drug-likeness (QED) is 0.798. The number of hydrogen-bond acceptors (Lipinski definition) is 2. The third-order valence-corrected chi connectivity index (χ3v) is 2.47. The van der Waals surface area contributed by atoms with Crippen LogP contribution in [0.4, 0.5) is 0 Å².